The lowest BCUT2D eigenvalue weighted by Crippen LogP contribution is -2.39. The summed E-state index contributed by atoms with van der Waals surface area (Å²) in [6, 6.07) is 0. The third-order valence-corrected chi connectivity index (χ3v) is 3.39. The van der Waals surface area contributed by atoms with Gasteiger partial charge in [0.1, 0.15) is 6.61 Å². The predicted octanol–water partition coefficient (Wildman–Crippen LogP) is 1.41. The van der Waals surface area contributed by atoms with Crippen molar-refractivity contribution in [1.82, 2.24) is 0 Å². The van der Waals surface area contributed by atoms with Crippen molar-refractivity contribution < 1.29 is 24.9 Å². The molecule has 0 spiro atoms. The summed E-state index contributed by atoms with van der Waals surface area (Å²) < 4.78 is 5.00. The van der Waals surface area contributed by atoms with Gasteiger partial charge in [0.2, 0.25) is 0 Å². The van der Waals surface area contributed by atoms with Crippen LogP contribution in [0.15, 0.2) is 12.2 Å². The zero-order valence-electron chi connectivity index (χ0n) is 12.4. The van der Waals surface area contributed by atoms with E-state index in [1.54, 1.807) is 0 Å². The van der Waals surface area contributed by atoms with Crippen molar-refractivity contribution in [2.75, 3.05) is 26.4 Å². The van der Waals surface area contributed by atoms with Crippen molar-refractivity contribution in [2.24, 2.45) is 5.41 Å². The molecule has 0 aliphatic rings. The minimum absolute atomic E-state index is 0.218. The maximum atomic E-state index is 11.7. The minimum atomic E-state index is -1.18. The molecule has 0 amide bonds. The van der Waals surface area contributed by atoms with Crippen LogP contribution in [0.25, 0.3) is 0 Å². The van der Waals surface area contributed by atoms with Crippen LogP contribution < -0.4 is 0 Å². The van der Waals surface area contributed by atoms with Gasteiger partial charge in [-0.2, -0.15) is 0 Å². The number of carbonyl (C=O) groups excluding carboxylic acids is 1. The Kier molecular flexibility index (Phi) is 10.3. The van der Waals surface area contributed by atoms with Gasteiger partial charge in [-0.3, -0.25) is 0 Å². The molecule has 0 heterocycles. The Labute approximate surface area is 121 Å². The van der Waals surface area contributed by atoms with Crippen LogP contribution >= 0.6 is 0 Å². The molecule has 3 N–H and O–H groups in total. The molecular weight excluding hydrogens is 260 g/mol. The Balaban J connectivity index is 3.98. The van der Waals surface area contributed by atoms with Gasteiger partial charge in [0, 0.05) is 5.57 Å². The summed E-state index contributed by atoms with van der Waals surface area (Å²) in [5, 5.41) is 27.4. The first-order chi connectivity index (χ1) is 9.55. The number of aliphatic hydroxyl groups excluding tert-OH is 3. The number of ether oxygens (including phenoxy) is 1. The number of hydrogen-bond donors (Lipinski definition) is 3. The zero-order valence-corrected chi connectivity index (χ0v) is 12.4. The molecule has 0 rings (SSSR count). The van der Waals surface area contributed by atoms with E-state index in [4.69, 9.17) is 20.1 Å². The van der Waals surface area contributed by atoms with Gasteiger partial charge in [0.25, 0.3) is 0 Å². The van der Waals surface area contributed by atoms with Gasteiger partial charge in [0.15, 0.2) is 0 Å². The first-order valence-corrected chi connectivity index (χ1v) is 7.22. The average Bonchev–Trinajstić information content (AvgIpc) is 2.48. The number of hydrogen-bond acceptors (Lipinski definition) is 5. The minimum Gasteiger partial charge on any atom is -0.461 e. The Morgan fingerprint density at radius 3 is 2.10 bits per heavy atom. The van der Waals surface area contributed by atoms with Gasteiger partial charge in [0.05, 0.1) is 25.2 Å². The molecule has 5 heteroatoms. The molecule has 0 saturated heterocycles. The molecule has 118 valence electrons. The highest BCUT2D eigenvalue weighted by molar-refractivity contribution is 5.87. The molecule has 0 saturated carbocycles. The van der Waals surface area contributed by atoms with Crippen molar-refractivity contribution in [3.63, 3.8) is 0 Å². The van der Waals surface area contributed by atoms with Gasteiger partial charge < -0.3 is 20.1 Å². The third kappa shape index (κ3) is 7.03. The van der Waals surface area contributed by atoms with Crippen molar-refractivity contribution in [3.05, 3.63) is 12.2 Å². The van der Waals surface area contributed by atoms with Crippen LogP contribution in [0.1, 0.15) is 45.4 Å². The number of unbranched alkanes of at least 4 members (excludes halogenated alkanes) is 4. The normalized spacial score (nSPS) is 11.4. The molecule has 0 atom stereocenters. The fourth-order valence-corrected chi connectivity index (χ4v) is 1.65. The highest BCUT2D eigenvalue weighted by Crippen LogP contribution is 2.17. The smallest absolute Gasteiger partial charge is 0.333 e. The van der Waals surface area contributed by atoms with E-state index >= 15 is 0 Å². The van der Waals surface area contributed by atoms with Crippen LogP contribution in [0.5, 0.6) is 0 Å². The predicted molar refractivity (Wildman–Crippen MR) is 77.2 cm³/mol. The average molecular weight is 288 g/mol. The first-order valence-electron chi connectivity index (χ1n) is 7.22. The number of rotatable bonds is 12. The fourth-order valence-electron chi connectivity index (χ4n) is 1.65. The molecule has 0 bridgehead atoms. The molecule has 0 unspecified atom stereocenters. The van der Waals surface area contributed by atoms with Crippen molar-refractivity contribution in [1.29, 1.82) is 0 Å². The molecule has 0 aromatic heterocycles. The SMILES string of the molecule is C=C(CCCCCCC)C(=O)OCC(CO)(CO)CO. The number of esters is 1. The van der Waals surface area contributed by atoms with Crippen LogP contribution in [-0.2, 0) is 9.53 Å². The van der Waals surface area contributed by atoms with E-state index in [2.05, 4.69) is 13.5 Å². The van der Waals surface area contributed by atoms with E-state index in [0.29, 0.717) is 12.0 Å². The monoisotopic (exact) mass is 288 g/mol. The van der Waals surface area contributed by atoms with Crippen molar-refractivity contribution >= 4 is 5.97 Å². The molecule has 0 aromatic rings. The fraction of sp³-hybridized carbons (Fsp3) is 0.800. The summed E-state index contributed by atoms with van der Waals surface area (Å²) in [5.74, 6) is -0.528. The van der Waals surface area contributed by atoms with E-state index in [9.17, 15) is 4.79 Å². The molecule has 0 aliphatic heterocycles. The molecule has 0 aliphatic carbocycles. The summed E-state index contributed by atoms with van der Waals surface area (Å²) in [4.78, 5) is 11.7. The molecule has 20 heavy (non-hydrogen) atoms. The summed E-state index contributed by atoms with van der Waals surface area (Å²) in [7, 11) is 0. The van der Waals surface area contributed by atoms with Crippen molar-refractivity contribution in [3.8, 4) is 0 Å². The van der Waals surface area contributed by atoms with Crippen LogP contribution in [0.2, 0.25) is 0 Å². The van der Waals surface area contributed by atoms with E-state index in [1.807, 2.05) is 0 Å². The quantitative estimate of drug-likeness (QED) is 0.287. The maximum absolute atomic E-state index is 11.7. The standard InChI is InChI=1S/C15H28O5/c1-3-4-5-6-7-8-13(2)14(19)20-12-15(9-16,10-17)11-18/h16-18H,2-12H2,1H3. The molecule has 0 radical (unpaired) electrons. The number of aliphatic hydroxyl groups is 3. The van der Waals surface area contributed by atoms with E-state index < -0.39 is 31.2 Å². The second kappa shape index (κ2) is 10.8. The maximum Gasteiger partial charge on any atom is 0.333 e. The third-order valence-electron chi connectivity index (χ3n) is 3.39. The first kappa shape index (κ1) is 19.1. The highest BCUT2D eigenvalue weighted by atomic mass is 16.5. The zero-order chi connectivity index (χ0) is 15.4. The van der Waals surface area contributed by atoms with Gasteiger partial charge in [-0.1, -0.05) is 39.2 Å². The van der Waals surface area contributed by atoms with Gasteiger partial charge in [-0.15, -0.1) is 0 Å². The molecule has 0 aromatic carbocycles. The second-order valence-electron chi connectivity index (χ2n) is 5.32. The molecular formula is C15H28O5. The van der Waals surface area contributed by atoms with Gasteiger partial charge >= 0.3 is 5.97 Å². The largest absolute Gasteiger partial charge is 0.461 e. The Bertz CT molecular complexity index is 276. The van der Waals surface area contributed by atoms with Gasteiger partial charge in [-0.05, 0) is 12.8 Å². The lowest BCUT2D eigenvalue weighted by Gasteiger charge is -2.26. The second-order valence-corrected chi connectivity index (χ2v) is 5.32. The number of carbonyl (C=O) groups is 1. The summed E-state index contributed by atoms with van der Waals surface area (Å²) in [5.41, 5.74) is -0.791. The Morgan fingerprint density at radius 1 is 1.05 bits per heavy atom. The van der Waals surface area contributed by atoms with Crippen LogP contribution in [0, 0.1) is 5.41 Å². The Hall–Kier alpha value is -0.910. The van der Waals surface area contributed by atoms with Crippen LogP contribution in [-0.4, -0.2) is 47.7 Å². The lowest BCUT2D eigenvalue weighted by molar-refractivity contribution is -0.146. The molecule has 0 fully saturated rings. The summed E-state index contributed by atoms with van der Waals surface area (Å²) in [6.45, 7) is 4.27. The Morgan fingerprint density at radius 2 is 1.60 bits per heavy atom. The topological polar surface area (TPSA) is 87.0 Å². The summed E-state index contributed by atoms with van der Waals surface area (Å²) >= 11 is 0. The highest BCUT2D eigenvalue weighted by Gasteiger charge is 2.30. The van der Waals surface area contributed by atoms with Crippen LogP contribution in [0.3, 0.4) is 0 Å². The van der Waals surface area contributed by atoms with Gasteiger partial charge in [-0.25, -0.2) is 4.79 Å². The molecule has 5 nitrogen and oxygen atoms in total. The van der Waals surface area contributed by atoms with E-state index in [0.717, 1.165) is 19.3 Å². The van der Waals surface area contributed by atoms with E-state index in [-0.39, 0.29) is 6.61 Å². The lowest BCUT2D eigenvalue weighted by atomic mass is 9.92. The summed E-state index contributed by atoms with van der Waals surface area (Å²) in [6.07, 6.45) is 6.08. The van der Waals surface area contributed by atoms with Crippen LogP contribution in [0.4, 0.5) is 0 Å². The van der Waals surface area contributed by atoms with Crippen molar-refractivity contribution in [2.45, 2.75) is 45.4 Å². The van der Waals surface area contributed by atoms with E-state index in [1.165, 1.54) is 12.8 Å².